The van der Waals surface area contributed by atoms with Crippen LogP contribution in [-0.2, 0) is 16.0 Å². The maximum absolute atomic E-state index is 13.1. The van der Waals surface area contributed by atoms with Crippen molar-refractivity contribution in [2.75, 3.05) is 40.4 Å². The molecule has 2 aliphatic heterocycles. The third-order valence-electron chi connectivity index (χ3n) is 5.93. The Morgan fingerprint density at radius 2 is 1.81 bits per heavy atom. The zero-order chi connectivity index (χ0) is 18.7. The summed E-state index contributed by atoms with van der Waals surface area (Å²) < 4.78 is 5.24. The number of hydrogen-bond donors (Lipinski definition) is 0. The first-order valence-electron chi connectivity index (χ1n) is 9.36. The number of methoxy groups -OCH3 is 1. The molecule has 0 aromatic heterocycles. The Hall–Kier alpha value is -1.92. The van der Waals surface area contributed by atoms with E-state index in [1.54, 1.807) is 19.1 Å². The lowest BCUT2D eigenvalue weighted by molar-refractivity contribution is -0.135. The molecule has 0 unspecified atom stereocenters. The molecule has 2 fully saturated rings. The van der Waals surface area contributed by atoms with E-state index in [9.17, 15) is 9.59 Å². The lowest BCUT2D eigenvalue weighted by atomic mass is 9.85. The van der Waals surface area contributed by atoms with Gasteiger partial charge in [-0.25, -0.2) is 4.79 Å². The Morgan fingerprint density at radius 1 is 1.15 bits per heavy atom. The van der Waals surface area contributed by atoms with Crippen LogP contribution in [0.15, 0.2) is 30.3 Å². The molecule has 142 valence electrons. The van der Waals surface area contributed by atoms with Crippen molar-refractivity contribution in [1.29, 1.82) is 0 Å². The fourth-order valence-corrected chi connectivity index (χ4v) is 4.16. The number of carbonyl (C=O) groups is 2. The van der Waals surface area contributed by atoms with Gasteiger partial charge in [-0.2, -0.15) is 0 Å². The number of carbonyl (C=O) groups excluding carboxylic acids is 2. The van der Waals surface area contributed by atoms with Gasteiger partial charge in [-0.3, -0.25) is 14.6 Å². The van der Waals surface area contributed by atoms with E-state index in [2.05, 4.69) is 11.8 Å². The maximum atomic E-state index is 13.1. The van der Waals surface area contributed by atoms with E-state index in [4.69, 9.17) is 4.74 Å². The number of hydrogen-bond acceptors (Lipinski definition) is 4. The van der Waals surface area contributed by atoms with Crippen LogP contribution >= 0.6 is 0 Å². The number of likely N-dealkylation sites (tertiary alicyclic amines) is 1. The van der Waals surface area contributed by atoms with Crippen LogP contribution in [0.4, 0.5) is 4.79 Å². The number of urea groups is 1. The van der Waals surface area contributed by atoms with Crippen molar-refractivity contribution in [3.05, 3.63) is 35.9 Å². The predicted octanol–water partition coefficient (Wildman–Crippen LogP) is 1.99. The molecule has 1 aromatic carbocycles. The van der Waals surface area contributed by atoms with E-state index >= 15 is 0 Å². The van der Waals surface area contributed by atoms with E-state index in [0.717, 1.165) is 18.7 Å². The van der Waals surface area contributed by atoms with Gasteiger partial charge in [0.1, 0.15) is 5.54 Å². The van der Waals surface area contributed by atoms with Crippen LogP contribution in [0.2, 0.25) is 0 Å². The summed E-state index contributed by atoms with van der Waals surface area (Å²) in [6, 6.07) is 10.1. The first-order valence-corrected chi connectivity index (χ1v) is 9.36. The smallest absolute Gasteiger partial charge is 0.327 e. The number of rotatable bonds is 6. The number of benzene rings is 1. The van der Waals surface area contributed by atoms with Crippen molar-refractivity contribution in [2.24, 2.45) is 0 Å². The van der Waals surface area contributed by atoms with E-state index in [-0.39, 0.29) is 11.9 Å². The molecule has 0 aliphatic carbocycles. The standard InChI is InChI=1S/C20H29N3O3/c1-16(15-26-3)22-13-10-20(11-14-22)18(24)23(19(25)21(20)2)12-9-17-7-5-4-6-8-17/h4-8,16H,9-15H2,1-3H3/t16-/m1/s1. The number of ether oxygens (including phenoxy) is 1. The second kappa shape index (κ2) is 7.76. The molecule has 2 aliphatic rings. The van der Waals surface area contributed by atoms with E-state index in [1.807, 2.05) is 30.3 Å². The molecule has 3 rings (SSSR count). The van der Waals surface area contributed by atoms with Crippen molar-refractivity contribution < 1.29 is 14.3 Å². The molecular weight excluding hydrogens is 330 g/mol. The summed E-state index contributed by atoms with van der Waals surface area (Å²) in [5, 5.41) is 0. The lowest BCUT2D eigenvalue weighted by Crippen LogP contribution is -2.57. The van der Waals surface area contributed by atoms with E-state index in [1.165, 1.54) is 4.90 Å². The second-order valence-corrected chi connectivity index (χ2v) is 7.41. The van der Waals surface area contributed by atoms with Gasteiger partial charge in [0.15, 0.2) is 0 Å². The summed E-state index contributed by atoms with van der Waals surface area (Å²) in [6.45, 7) is 4.87. The van der Waals surface area contributed by atoms with Gasteiger partial charge in [-0.05, 0) is 31.7 Å². The maximum Gasteiger partial charge on any atom is 0.327 e. The third kappa shape index (κ3) is 3.35. The molecule has 0 radical (unpaired) electrons. The van der Waals surface area contributed by atoms with Crippen LogP contribution in [0, 0.1) is 0 Å². The molecule has 1 atom stereocenters. The molecule has 1 aromatic rings. The summed E-state index contributed by atoms with van der Waals surface area (Å²) in [5.41, 5.74) is 0.469. The van der Waals surface area contributed by atoms with Crippen LogP contribution in [0.25, 0.3) is 0 Å². The van der Waals surface area contributed by atoms with Crippen LogP contribution in [0.3, 0.4) is 0 Å². The highest BCUT2D eigenvalue weighted by atomic mass is 16.5. The van der Waals surface area contributed by atoms with Gasteiger partial charge in [0.25, 0.3) is 5.91 Å². The Labute approximate surface area is 155 Å². The molecule has 0 bridgehead atoms. The van der Waals surface area contributed by atoms with Crippen LogP contribution < -0.4 is 0 Å². The van der Waals surface area contributed by atoms with Crippen LogP contribution in [0.1, 0.15) is 25.3 Å². The number of piperidine rings is 1. The lowest BCUT2D eigenvalue weighted by Gasteiger charge is -2.42. The molecule has 6 nitrogen and oxygen atoms in total. The van der Waals surface area contributed by atoms with Gasteiger partial charge in [-0.15, -0.1) is 0 Å². The number of likely N-dealkylation sites (N-methyl/N-ethyl adjacent to an activating group) is 1. The van der Waals surface area contributed by atoms with Gasteiger partial charge < -0.3 is 9.64 Å². The average Bonchev–Trinajstić information content (AvgIpc) is 2.83. The van der Waals surface area contributed by atoms with Crippen molar-refractivity contribution in [3.63, 3.8) is 0 Å². The average molecular weight is 359 g/mol. The summed E-state index contributed by atoms with van der Waals surface area (Å²) in [6.07, 6.45) is 2.06. The summed E-state index contributed by atoms with van der Waals surface area (Å²) in [4.78, 5) is 31.3. The normalized spacial score (nSPS) is 21.7. The summed E-state index contributed by atoms with van der Waals surface area (Å²) in [7, 11) is 3.48. The van der Waals surface area contributed by atoms with Crippen molar-refractivity contribution in [1.82, 2.24) is 14.7 Å². The Kier molecular flexibility index (Phi) is 5.63. The van der Waals surface area contributed by atoms with Crippen LogP contribution in [0.5, 0.6) is 0 Å². The van der Waals surface area contributed by atoms with Crippen molar-refractivity contribution in [3.8, 4) is 0 Å². The number of nitrogens with zero attached hydrogens (tertiary/aromatic N) is 3. The van der Waals surface area contributed by atoms with E-state index in [0.29, 0.717) is 38.5 Å². The molecule has 1 spiro atoms. The van der Waals surface area contributed by atoms with Crippen molar-refractivity contribution in [2.45, 2.75) is 37.8 Å². The minimum Gasteiger partial charge on any atom is -0.383 e. The highest BCUT2D eigenvalue weighted by Crippen LogP contribution is 2.36. The highest BCUT2D eigenvalue weighted by molar-refractivity contribution is 6.07. The minimum atomic E-state index is -0.670. The Balaban J connectivity index is 1.66. The SMILES string of the molecule is COC[C@@H](C)N1CCC2(CC1)C(=O)N(CCc1ccccc1)C(=O)N2C. The Bertz CT molecular complexity index is 641. The van der Waals surface area contributed by atoms with E-state index < -0.39 is 5.54 Å². The first kappa shape index (κ1) is 18.9. The van der Waals surface area contributed by atoms with Gasteiger partial charge >= 0.3 is 6.03 Å². The molecule has 0 N–H and O–H groups in total. The zero-order valence-electron chi connectivity index (χ0n) is 16.0. The molecule has 2 heterocycles. The Morgan fingerprint density at radius 3 is 2.42 bits per heavy atom. The van der Waals surface area contributed by atoms with Gasteiger partial charge in [0.05, 0.1) is 6.61 Å². The topological polar surface area (TPSA) is 53.1 Å². The third-order valence-corrected chi connectivity index (χ3v) is 5.93. The monoisotopic (exact) mass is 359 g/mol. The summed E-state index contributed by atoms with van der Waals surface area (Å²) >= 11 is 0. The fraction of sp³-hybridized carbons (Fsp3) is 0.600. The number of imide groups is 1. The van der Waals surface area contributed by atoms with Gasteiger partial charge in [0.2, 0.25) is 0 Å². The molecule has 6 heteroatoms. The van der Waals surface area contributed by atoms with Crippen molar-refractivity contribution >= 4 is 11.9 Å². The van der Waals surface area contributed by atoms with Crippen LogP contribution in [-0.4, -0.2) is 78.6 Å². The zero-order valence-corrected chi connectivity index (χ0v) is 16.0. The molecule has 26 heavy (non-hydrogen) atoms. The predicted molar refractivity (Wildman–Crippen MR) is 99.9 cm³/mol. The fourth-order valence-electron chi connectivity index (χ4n) is 4.16. The quantitative estimate of drug-likeness (QED) is 0.729. The van der Waals surface area contributed by atoms with Gasteiger partial charge in [0, 0.05) is 39.8 Å². The second-order valence-electron chi connectivity index (χ2n) is 7.41. The molecule has 0 saturated carbocycles. The molecular formula is C20H29N3O3. The highest BCUT2D eigenvalue weighted by Gasteiger charge is 2.56. The summed E-state index contributed by atoms with van der Waals surface area (Å²) in [5.74, 6) is -0.0278. The number of amides is 3. The minimum absolute atomic E-state index is 0.0278. The first-order chi connectivity index (χ1) is 12.5. The molecule has 3 amide bonds. The van der Waals surface area contributed by atoms with Gasteiger partial charge in [-0.1, -0.05) is 30.3 Å². The molecule has 2 saturated heterocycles. The largest absolute Gasteiger partial charge is 0.383 e.